The van der Waals surface area contributed by atoms with Crippen molar-refractivity contribution in [1.82, 2.24) is 4.90 Å². The molecule has 1 amide bonds. The maximum atomic E-state index is 12.2. The Hall–Kier alpha value is -0.785. The molecular weight excluding hydrogens is 297 g/mol. The van der Waals surface area contributed by atoms with Crippen LogP contribution in [0, 0.1) is 0 Å². The predicted octanol–water partition coefficient (Wildman–Crippen LogP) is 2.43. The lowest BCUT2D eigenvalue weighted by Crippen LogP contribution is -2.53. The van der Waals surface area contributed by atoms with Crippen LogP contribution >= 0.6 is 0 Å². The highest BCUT2D eigenvalue weighted by Crippen LogP contribution is 2.31. The van der Waals surface area contributed by atoms with Crippen molar-refractivity contribution in [3.8, 4) is 0 Å². The molecule has 0 saturated carbocycles. The number of likely N-dealkylation sites (tertiary alicyclic amines) is 1. The molecule has 1 atom stereocenters. The number of carbonyl (C=O) groups excluding carboxylic acids is 1. The third-order valence-corrected chi connectivity index (χ3v) is 4.40. The van der Waals surface area contributed by atoms with Crippen LogP contribution < -0.4 is 0 Å². The highest BCUT2D eigenvalue weighted by atomic mass is 16.6. The van der Waals surface area contributed by atoms with Crippen molar-refractivity contribution in [2.24, 2.45) is 0 Å². The van der Waals surface area contributed by atoms with E-state index in [1.165, 1.54) is 0 Å². The Morgan fingerprint density at radius 2 is 1.74 bits per heavy atom. The largest absolute Gasteiger partial charge is 0.459 e. The minimum atomic E-state index is -1.09. The number of piperidine rings is 1. The minimum absolute atomic E-state index is 0.196. The molecule has 0 radical (unpaired) electrons. The summed E-state index contributed by atoms with van der Waals surface area (Å²) in [6.45, 7) is 13.3. The van der Waals surface area contributed by atoms with E-state index in [-0.39, 0.29) is 11.9 Å². The summed E-state index contributed by atoms with van der Waals surface area (Å²) in [5, 5.41) is 20.5. The lowest BCUT2D eigenvalue weighted by molar-refractivity contribution is -0.102. The van der Waals surface area contributed by atoms with Gasteiger partial charge in [-0.1, -0.05) is 0 Å². The van der Waals surface area contributed by atoms with Crippen molar-refractivity contribution < 1.29 is 24.3 Å². The van der Waals surface area contributed by atoms with Crippen LogP contribution in [-0.4, -0.2) is 58.1 Å². The van der Waals surface area contributed by atoms with Crippen molar-refractivity contribution in [3.63, 3.8) is 0 Å². The fourth-order valence-corrected chi connectivity index (χ4v) is 2.28. The van der Waals surface area contributed by atoms with Gasteiger partial charge in [-0.3, -0.25) is 0 Å². The second-order valence-electron chi connectivity index (χ2n) is 8.41. The molecule has 7 heteroatoms. The van der Waals surface area contributed by atoms with Gasteiger partial charge in [0, 0.05) is 18.9 Å². The minimum Gasteiger partial charge on any atom is -0.444 e. The van der Waals surface area contributed by atoms with Gasteiger partial charge in [0.25, 0.3) is 0 Å². The van der Waals surface area contributed by atoms with Gasteiger partial charge in [0.1, 0.15) is 5.60 Å². The summed E-state index contributed by atoms with van der Waals surface area (Å²) in [5.41, 5.74) is -2.53. The molecule has 23 heavy (non-hydrogen) atoms. The summed E-state index contributed by atoms with van der Waals surface area (Å²) in [4.78, 5) is 13.8. The van der Waals surface area contributed by atoms with Crippen molar-refractivity contribution in [2.75, 3.05) is 13.1 Å². The molecule has 2 N–H and O–H groups in total. The second kappa shape index (κ2) is 6.99. The van der Waals surface area contributed by atoms with Crippen LogP contribution in [0.25, 0.3) is 0 Å². The first-order valence-corrected chi connectivity index (χ1v) is 8.29. The van der Waals surface area contributed by atoms with Crippen molar-refractivity contribution >= 4 is 13.2 Å². The number of hydrogen-bond donors (Lipinski definition) is 2. The van der Waals surface area contributed by atoms with E-state index in [4.69, 9.17) is 9.39 Å². The standard InChI is InChI=1S/C16H32BNO5/c1-14(2,3)22-13(19)18-10-8-9-12(11-18)17(21)23-16(6,7)15(4,5)20/h12,20-21H,8-11H2,1-7H3. The maximum absolute atomic E-state index is 12.2. The highest BCUT2D eigenvalue weighted by molar-refractivity contribution is 6.45. The zero-order chi connectivity index (χ0) is 18.1. The Labute approximate surface area is 140 Å². The lowest BCUT2D eigenvalue weighted by atomic mass is 9.67. The summed E-state index contributed by atoms with van der Waals surface area (Å²) in [6, 6.07) is 0. The van der Waals surface area contributed by atoms with E-state index in [1.54, 1.807) is 32.6 Å². The smallest absolute Gasteiger partial charge is 0.444 e. The van der Waals surface area contributed by atoms with Crippen molar-refractivity contribution in [3.05, 3.63) is 0 Å². The van der Waals surface area contributed by atoms with Crippen molar-refractivity contribution in [2.45, 2.75) is 83.9 Å². The van der Waals surface area contributed by atoms with Crippen LogP contribution in [0.3, 0.4) is 0 Å². The Morgan fingerprint density at radius 3 is 2.22 bits per heavy atom. The molecular formula is C16H32BNO5. The van der Waals surface area contributed by atoms with Gasteiger partial charge in [-0.2, -0.15) is 0 Å². The zero-order valence-corrected chi connectivity index (χ0v) is 15.5. The molecule has 134 valence electrons. The summed E-state index contributed by atoms with van der Waals surface area (Å²) >= 11 is 0. The summed E-state index contributed by atoms with van der Waals surface area (Å²) in [7, 11) is -1.04. The molecule has 1 aliphatic rings. The molecule has 1 fully saturated rings. The van der Waals surface area contributed by atoms with E-state index in [9.17, 15) is 14.9 Å². The number of rotatable bonds is 4. The molecule has 6 nitrogen and oxygen atoms in total. The molecule has 0 aromatic heterocycles. The van der Waals surface area contributed by atoms with Gasteiger partial charge in [-0.25, -0.2) is 4.79 Å². The molecule has 0 aromatic carbocycles. The third-order valence-electron chi connectivity index (χ3n) is 4.40. The van der Waals surface area contributed by atoms with Gasteiger partial charge < -0.3 is 24.4 Å². The van der Waals surface area contributed by atoms with Crippen molar-refractivity contribution in [1.29, 1.82) is 0 Å². The maximum Gasteiger partial charge on any atom is 0.459 e. The monoisotopic (exact) mass is 329 g/mol. The van der Waals surface area contributed by atoms with Gasteiger partial charge in [0.2, 0.25) is 0 Å². The number of nitrogens with zero attached hydrogens (tertiary/aromatic N) is 1. The SMILES string of the molecule is CC(C)(C)OC(=O)N1CCCC(B(O)OC(C)(C)C(C)(C)O)C1. The number of ether oxygens (including phenoxy) is 1. The first kappa shape index (κ1) is 20.3. The normalized spacial score (nSPS) is 20.4. The number of carbonyl (C=O) groups is 1. The summed E-state index contributed by atoms with van der Waals surface area (Å²) < 4.78 is 11.1. The molecule has 0 bridgehead atoms. The number of amides is 1. The Morgan fingerprint density at radius 1 is 1.17 bits per heavy atom. The summed E-state index contributed by atoms with van der Waals surface area (Å²) in [5.74, 6) is -0.196. The van der Waals surface area contributed by atoms with Crippen LogP contribution in [0.5, 0.6) is 0 Å². The molecule has 0 spiro atoms. The van der Waals surface area contributed by atoms with Crippen LogP contribution in [0.2, 0.25) is 5.82 Å². The first-order valence-electron chi connectivity index (χ1n) is 8.29. The van der Waals surface area contributed by atoms with Crippen LogP contribution in [0.15, 0.2) is 0 Å². The molecule has 0 aliphatic carbocycles. The predicted molar refractivity (Wildman–Crippen MR) is 90.2 cm³/mol. The van der Waals surface area contributed by atoms with Gasteiger partial charge in [0.05, 0.1) is 11.2 Å². The first-order chi connectivity index (χ1) is 10.2. The molecule has 1 saturated heterocycles. The molecule has 1 rings (SSSR count). The Balaban J connectivity index is 2.66. The Kier molecular flexibility index (Phi) is 6.16. The van der Waals surface area contributed by atoms with Crippen LogP contribution in [0.1, 0.15) is 61.3 Å². The summed E-state index contributed by atoms with van der Waals surface area (Å²) in [6.07, 6.45) is 1.19. The second-order valence-corrected chi connectivity index (χ2v) is 8.41. The fraction of sp³-hybridized carbons (Fsp3) is 0.938. The number of hydrogen-bond acceptors (Lipinski definition) is 5. The van der Waals surface area contributed by atoms with Gasteiger partial charge in [0.15, 0.2) is 0 Å². The number of aliphatic hydroxyl groups is 1. The average molecular weight is 329 g/mol. The van der Waals surface area contributed by atoms with E-state index in [0.717, 1.165) is 12.8 Å². The van der Waals surface area contributed by atoms with Gasteiger partial charge in [-0.05, 0) is 61.3 Å². The molecule has 0 aromatic rings. The average Bonchev–Trinajstić information content (AvgIpc) is 2.35. The third kappa shape index (κ3) is 5.97. The van der Waals surface area contributed by atoms with E-state index >= 15 is 0 Å². The highest BCUT2D eigenvalue weighted by Gasteiger charge is 2.43. The molecule has 1 unspecified atom stereocenters. The van der Waals surface area contributed by atoms with Crippen LogP contribution in [0.4, 0.5) is 4.79 Å². The van der Waals surface area contributed by atoms with E-state index < -0.39 is 23.9 Å². The van der Waals surface area contributed by atoms with E-state index in [2.05, 4.69) is 0 Å². The van der Waals surface area contributed by atoms with Crippen LogP contribution in [-0.2, 0) is 9.39 Å². The van der Waals surface area contributed by atoms with Gasteiger partial charge in [-0.15, -0.1) is 0 Å². The zero-order valence-electron chi connectivity index (χ0n) is 15.5. The fourth-order valence-electron chi connectivity index (χ4n) is 2.28. The van der Waals surface area contributed by atoms with Gasteiger partial charge >= 0.3 is 13.2 Å². The lowest BCUT2D eigenvalue weighted by Gasteiger charge is -2.41. The van der Waals surface area contributed by atoms with E-state index in [1.807, 2.05) is 20.8 Å². The Bertz CT molecular complexity index is 414. The molecule has 1 heterocycles. The molecule has 1 aliphatic heterocycles. The quantitative estimate of drug-likeness (QED) is 0.775. The topological polar surface area (TPSA) is 79.2 Å². The van der Waals surface area contributed by atoms with E-state index in [0.29, 0.717) is 13.1 Å².